The van der Waals surface area contributed by atoms with Gasteiger partial charge in [-0.1, -0.05) is 63.7 Å². The molecule has 2 heterocycles. The van der Waals surface area contributed by atoms with Crippen LogP contribution in [0.15, 0.2) is 72.0 Å². The summed E-state index contributed by atoms with van der Waals surface area (Å²) in [7, 11) is 0. The zero-order chi connectivity index (χ0) is 21.8. The number of nitrogens with one attached hydrogen (secondary N) is 1. The molecule has 1 amide bonds. The zero-order valence-electron chi connectivity index (χ0n) is 17.8. The Hall–Kier alpha value is -3.34. The molecule has 2 aromatic carbocycles. The SMILES string of the molecule is C.CC(C)C(=O)NC[C@H](Cc1cncc(-c2ccc3c(c2)C(F)=NC3)c1)c1ccccc1. The van der Waals surface area contributed by atoms with E-state index in [9.17, 15) is 9.18 Å². The Balaban J connectivity index is 0.00000289. The summed E-state index contributed by atoms with van der Waals surface area (Å²) in [5.41, 5.74) is 5.59. The van der Waals surface area contributed by atoms with Crippen molar-refractivity contribution < 1.29 is 9.18 Å². The van der Waals surface area contributed by atoms with Gasteiger partial charge < -0.3 is 5.32 Å². The van der Waals surface area contributed by atoms with Gasteiger partial charge in [0.1, 0.15) is 0 Å². The Morgan fingerprint density at radius 1 is 1.06 bits per heavy atom. The third kappa shape index (κ3) is 5.28. The van der Waals surface area contributed by atoms with Gasteiger partial charge >= 0.3 is 0 Å². The number of hydrogen-bond acceptors (Lipinski definition) is 3. The van der Waals surface area contributed by atoms with Gasteiger partial charge in [0.2, 0.25) is 11.9 Å². The van der Waals surface area contributed by atoms with Gasteiger partial charge in [0.25, 0.3) is 0 Å². The Bertz CT molecular complexity index is 1110. The molecule has 0 radical (unpaired) electrons. The predicted octanol–water partition coefficient (Wildman–Crippen LogP) is 5.71. The minimum atomic E-state index is -0.397. The number of hydrogen-bond donors (Lipinski definition) is 1. The van der Waals surface area contributed by atoms with Crippen LogP contribution in [0.3, 0.4) is 0 Å². The Morgan fingerprint density at radius 3 is 2.59 bits per heavy atom. The number of rotatable bonds is 7. The van der Waals surface area contributed by atoms with E-state index in [1.165, 1.54) is 5.56 Å². The number of aliphatic imine (C=N–C) groups is 1. The molecule has 3 aromatic rings. The second-order valence-corrected chi connectivity index (χ2v) is 8.27. The minimum absolute atomic E-state index is 0. The topological polar surface area (TPSA) is 54.4 Å². The van der Waals surface area contributed by atoms with Crippen molar-refractivity contribution in [2.45, 2.75) is 40.2 Å². The first-order valence-corrected chi connectivity index (χ1v) is 10.6. The maximum absolute atomic E-state index is 14.0. The predicted molar refractivity (Wildman–Crippen MR) is 128 cm³/mol. The Morgan fingerprint density at radius 2 is 1.84 bits per heavy atom. The summed E-state index contributed by atoms with van der Waals surface area (Å²) in [6, 6.07) is 18.1. The number of carbonyl (C=O) groups is 1. The molecule has 1 N–H and O–H groups in total. The van der Waals surface area contributed by atoms with Crippen molar-refractivity contribution in [1.29, 1.82) is 0 Å². The van der Waals surface area contributed by atoms with Crippen LogP contribution in [0.4, 0.5) is 4.39 Å². The van der Waals surface area contributed by atoms with Gasteiger partial charge in [-0.25, -0.2) is 0 Å². The van der Waals surface area contributed by atoms with E-state index in [0.717, 1.165) is 28.7 Å². The van der Waals surface area contributed by atoms with Crippen molar-refractivity contribution in [3.05, 3.63) is 89.2 Å². The molecule has 166 valence electrons. The van der Waals surface area contributed by atoms with E-state index in [2.05, 4.69) is 33.5 Å². The van der Waals surface area contributed by atoms with Gasteiger partial charge in [-0.3, -0.25) is 14.8 Å². The second kappa shape index (κ2) is 10.3. The Labute approximate surface area is 189 Å². The van der Waals surface area contributed by atoms with E-state index in [-0.39, 0.29) is 25.2 Å². The zero-order valence-corrected chi connectivity index (χ0v) is 17.8. The third-order valence-electron chi connectivity index (χ3n) is 5.65. The highest BCUT2D eigenvalue weighted by Gasteiger charge is 2.18. The molecule has 0 saturated carbocycles. The first-order valence-electron chi connectivity index (χ1n) is 10.6. The molecule has 1 aliphatic heterocycles. The van der Waals surface area contributed by atoms with Gasteiger partial charge in [-0.2, -0.15) is 4.39 Å². The lowest BCUT2D eigenvalue weighted by atomic mass is 9.91. The first kappa shape index (κ1) is 23.3. The number of pyridine rings is 1. The number of fused-ring (bicyclic) bond motifs is 1. The maximum atomic E-state index is 14.0. The van der Waals surface area contributed by atoms with Crippen LogP contribution < -0.4 is 5.32 Å². The van der Waals surface area contributed by atoms with E-state index < -0.39 is 5.97 Å². The second-order valence-electron chi connectivity index (χ2n) is 8.27. The molecule has 1 atom stereocenters. The standard InChI is InChI=1S/C26H26FN3O.CH4/c1-17(2)26(31)30-16-23(19-6-4-3-5-7-19)11-18-10-22(14-28-13-18)20-8-9-21-15-29-25(27)24(21)12-20;/h3-10,12-14,17,23H,11,15-16H2,1-2H3,(H,30,31);1H4/t23-;/m0./s1. The van der Waals surface area contributed by atoms with Crippen LogP contribution in [0.1, 0.15) is 49.4 Å². The van der Waals surface area contributed by atoms with Crippen molar-refractivity contribution in [2.24, 2.45) is 10.9 Å². The van der Waals surface area contributed by atoms with Crippen molar-refractivity contribution in [2.75, 3.05) is 6.54 Å². The van der Waals surface area contributed by atoms with E-state index in [4.69, 9.17) is 0 Å². The van der Waals surface area contributed by atoms with Crippen molar-refractivity contribution in [3.8, 4) is 11.1 Å². The molecule has 4 rings (SSSR count). The Kier molecular flexibility index (Phi) is 7.52. The summed E-state index contributed by atoms with van der Waals surface area (Å²) in [6.07, 6.45) is 4.40. The molecule has 4 nitrogen and oxygen atoms in total. The average Bonchev–Trinajstić information content (AvgIpc) is 3.17. The van der Waals surface area contributed by atoms with Gasteiger partial charge in [0, 0.05) is 41.9 Å². The lowest BCUT2D eigenvalue weighted by Crippen LogP contribution is -2.32. The molecule has 32 heavy (non-hydrogen) atoms. The summed E-state index contributed by atoms with van der Waals surface area (Å²) < 4.78 is 14.0. The normalized spacial score (nSPS) is 13.2. The molecular weight excluding hydrogens is 401 g/mol. The summed E-state index contributed by atoms with van der Waals surface area (Å²) in [4.78, 5) is 20.4. The van der Waals surface area contributed by atoms with Gasteiger partial charge in [-0.05, 0) is 40.8 Å². The van der Waals surface area contributed by atoms with Crippen LogP contribution in [0.25, 0.3) is 11.1 Å². The summed E-state index contributed by atoms with van der Waals surface area (Å²) in [6.45, 7) is 4.75. The van der Waals surface area contributed by atoms with E-state index in [1.54, 1.807) is 6.20 Å². The maximum Gasteiger partial charge on any atom is 0.222 e. The van der Waals surface area contributed by atoms with Gasteiger partial charge in [-0.15, -0.1) is 0 Å². The van der Waals surface area contributed by atoms with Gasteiger partial charge in [0.05, 0.1) is 6.54 Å². The number of halogens is 1. The molecule has 1 aliphatic rings. The molecule has 1 aromatic heterocycles. The smallest absolute Gasteiger partial charge is 0.222 e. The fourth-order valence-electron chi connectivity index (χ4n) is 3.83. The highest BCUT2D eigenvalue weighted by atomic mass is 19.1. The van der Waals surface area contributed by atoms with Crippen LogP contribution in [-0.2, 0) is 17.8 Å². The fourth-order valence-corrected chi connectivity index (χ4v) is 3.83. The lowest BCUT2D eigenvalue weighted by Gasteiger charge is -2.19. The van der Waals surface area contributed by atoms with Gasteiger partial charge in [0.15, 0.2) is 0 Å². The number of nitrogens with zero attached hydrogens (tertiary/aromatic N) is 2. The van der Waals surface area contributed by atoms with E-state index >= 15 is 0 Å². The number of amides is 1. The van der Waals surface area contributed by atoms with Crippen LogP contribution in [-0.4, -0.2) is 23.4 Å². The summed E-state index contributed by atoms with van der Waals surface area (Å²) >= 11 is 0. The van der Waals surface area contributed by atoms with E-state index in [1.807, 2.05) is 56.4 Å². The van der Waals surface area contributed by atoms with Crippen LogP contribution >= 0.6 is 0 Å². The largest absolute Gasteiger partial charge is 0.355 e. The lowest BCUT2D eigenvalue weighted by molar-refractivity contribution is -0.124. The van der Waals surface area contributed by atoms with Crippen molar-refractivity contribution in [1.82, 2.24) is 10.3 Å². The van der Waals surface area contributed by atoms with E-state index in [0.29, 0.717) is 18.7 Å². The minimum Gasteiger partial charge on any atom is -0.355 e. The van der Waals surface area contributed by atoms with Crippen molar-refractivity contribution >= 4 is 11.9 Å². The van der Waals surface area contributed by atoms with Crippen molar-refractivity contribution in [3.63, 3.8) is 0 Å². The van der Waals surface area contributed by atoms with Crippen LogP contribution in [0, 0.1) is 5.92 Å². The molecule has 0 saturated heterocycles. The number of benzene rings is 2. The molecule has 0 spiro atoms. The molecular formula is C27H30FN3O. The average molecular weight is 432 g/mol. The highest BCUT2D eigenvalue weighted by Crippen LogP contribution is 2.28. The quantitative estimate of drug-likeness (QED) is 0.521. The summed E-state index contributed by atoms with van der Waals surface area (Å²) in [5.74, 6) is -0.267. The van der Waals surface area contributed by atoms with Crippen LogP contribution in [0.2, 0.25) is 0 Å². The molecule has 0 bridgehead atoms. The molecule has 0 unspecified atom stereocenters. The summed E-state index contributed by atoms with van der Waals surface area (Å²) in [5, 5.41) is 3.07. The van der Waals surface area contributed by atoms with Crippen LogP contribution in [0.5, 0.6) is 0 Å². The third-order valence-corrected chi connectivity index (χ3v) is 5.65. The number of carbonyl (C=O) groups excluding carboxylic acids is 1. The molecule has 5 heteroatoms. The highest BCUT2D eigenvalue weighted by molar-refractivity contribution is 5.98. The molecule has 0 aliphatic carbocycles. The number of aromatic nitrogens is 1. The first-order chi connectivity index (χ1) is 15.0. The molecule has 0 fully saturated rings. The fraction of sp³-hybridized carbons (Fsp3) is 0.296. The monoisotopic (exact) mass is 431 g/mol.